The quantitative estimate of drug-likeness (QED) is 0.546. The second-order valence-corrected chi connectivity index (χ2v) is 7.09. The Morgan fingerprint density at radius 1 is 1.14 bits per heavy atom. The van der Waals surface area contributed by atoms with E-state index in [1.54, 1.807) is 6.07 Å². The van der Waals surface area contributed by atoms with Gasteiger partial charge in [-0.3, -0.25) is 9.59 Å². The van der Waals surface area contributed by atoms with Crippen LogP contribution in [0.4, 0.5) is 0 Å². The van der Waals surface area contributed by atoms with Gasteiger partial charge in [0, 0.05) is 28.5 Å². The molecule has 3 rings (SSSR count). The number of carbonyl (C=O) groups is 2. The van der Waals surface area contributed by atoms with E-state index in [-0.39, 0.29) is 30.9 Å². The van der Waals surface area contributed by atoms with Crippen LogP contribution in [0.1, 0.15) is 36.9 Å². The molecule has 28 heavy (non-hydrogen) atoms. The second kappa shape index (κ2) is 9.42. The van der Waals surface area contributed by atoms with E-state index in [1.165, 1.54) is 10.9 Å². The molecule has 0 aliphatic heterocycles. The third-order valence-electron chi connectivity index (χ3n) is 4.62. The molecule has 0 fully saturated rings. The van der Waals surface area contributed by atoms with Gasteiger partial charge in [0.2, 0.25) is 0 Å². The Morgan fingerprint density at radius 2 is 1.89 bits per heavy atom. The summed E-state index contributed by atoms with van der Waals surface area (Å²) in [7, 11) is 0. The van der Waals surface area contributed by atoms with E-state index in [0.717, 1.165) is 17.5 Å². The van der Waals surface area contributed by atoms with Crippen LogP contribution in [0.15, 0.2) is 54.7 Å². The summed E-state index contributed by atoms with van der Waals surface area (Å²) in [6, 6.07) is 15.1. The first-order chi connectivity index (χ1) is 13.5. The summed E-state index contributed by atoms with van der Waals surface area (Å²) >= 11 is 6.13. The van der Waals surface area contributed by atoms with Crippen molar-refractivity contribution in [2.45, 2.75) is 32.2 Å². The Labute approximate surface area is 169 Å². The third-order valence-corrected chi connectivity index (χ3v) is 4.96. The van der Waals surface area contributed by atoms with E-state index in [4.69, 9.17) is 16.3 Å². The Balaban J connectivity index is 1.39. The standard InChI is InChI=1S/C22H23ClN2O3/c1-15(17-8-2-4-10-19(17)23)25-21(26)14-28-22(27)12-6-7-16-13-24-20-11-5-3-9-18(16)20/h2-5,8-11,13,15,24H,6-7,12,14H2,1H3,(H,25,26). The Morgan fingerprint density at radius 3 is 2.71 bits per heavy atom. The first-order valence-electron chi connectivity index (χ1n) is 9.29. The van der Waals surface area contributed by atoms with Gasteiger partial charge in [-0.1, -0.05) is 48.0 Å². The van der Waals surface area contributed by atoms with Crippen molar-refractivity contribution in [2.75, 3.05) is 6.61 Å². The number of hydrogen-bond acceptors (Lipinski definition) is 3. The zero-order chi connectivity index (χ0) is 19.9. The number of hydrogen-bond donors (Lipinski definition) is 2. The van der Waals surface area contributed by atoms with Gasteiger partial charge in [-0.2, -0.15) is 0 Å². The third kappa shape index (κ3) is 5.14. The lowest BCUT2D eigenvalue weighted by Gasteiger charge is -2.15. The maximum Gasteiger partial charge on any atom is 0.306 e. The minimum atomic E-state index is -0.375. The molecule has 3 aromatic rings. The average molecular weight is 399 g/mol. The van der Waals surface area contributed by atoms with Crippen LogP contribution >= 0.6 is 11.6 Å². The lowest BCUT2D eigenvalue weighted by Crippen LogP contribution is -2.31. The van der Waals surface area contributed by atoms with Crippen LogP contribution in [0.3, 0.4) is 0 Å². The van der Waals surface area contributed by atoms with Crippen molar-refractivity contribution in [3.63, 3.8) is 0 Å². The van der Waals surface area contributed by atoms with Crippen molar-refractivity contribution < 1.29 is 14.3 Å². The number of aromatic amines is 1. The van der Waals surface area contributed by atoms with E-state index in [1.807, 2.05) is 49.5 Å². The van der Waals surface area contributed by atoms with Gasteiger partial charge in [0.25, 0.3) is 5.91 Å². The van der Waals surface area contributed by atoms with E-state index < -0.39 is 0 Å². The number of nitrogens with one attached hydrogen (secondary N) is 2. The molecule has 146 valence electrons. The molecule has 2 aromatic carbocycles. The molecule has 0 saturated heterocycles. The topological polar surface area (TPSA) is 71.2 Å². The zero-order valence-electron chi connectivity index (χ0n) is 15.7. The lowest BCUT2D eigenvalue weighted by atomic mass is 10.1. The molecule has 0 aliphatic rings. The highest BCUT2D eigenvalue weighted by Crippen LogP contribution is 2.22. The number of esters is 1. The van der Waals surface area contributed by atoms with Crippen molar-refractivity contribution in [3.05, 3.63) is 70.9 Å². The maximum atomic E-state index is 12.0. The number of para-hydroxylation sites is 1. The first kappa shape index (κ1) is 20.0. The number of aromatic nitrogens is 1. The lowest BCUT2D eigenvalue weighted by molar-refractivity contribution is -0.148. The Hall–Kier alpha value is -2.79. The van der Waals surface area contributed by atoms with Gasteiger partial charge in [-0.25, -0.2) is 0 Å². The minimum Gasteiger partial charge on any atom is -0.456 e. The zero-order valence-corrected chi connectivity index (χ0v) is 16.5. The van der Waals surface area contributed by atoms with Gasteiger partial charge in [-0.05, 0) is 43.0 Å². The van der Waals surface area contributed by atoms with Crippen LogP contribution in [0.25, 0.3) is 10.9 Å². The number of benzene rings is 2. The number of fused-ring (bicyclic) bond motifs is 1. The highest BCUT2D eigenvalue weighted by molar-refractivity contribution is 6.31. The molecule has 2 N–H and O–H groups in total. The fourth-order valence-corrected chi connectivity index (χ4v) is 3.47. The minimum absolute atomic E-state index is 0.262. The van der Waals surface area contributed by atoms with Crippen molar-refractivity contribution in [2.24, 2.45) is 0 Å². The van der Waals surface area contributed by atoms with Gasteiger partial charge < -0.3 is 15.0 Å². The van der Waals surface area contributed by atoms with Gasteiger partial charge in [-0.15, -0.1) is 0 Å². The second-order valence-electron chi connectivity index (χ2n) is 6.68. The number of H-pyrrole nitrogens is 1. The molecule has 0 aliphatic carbocycles. The highest BCUT2D eigenvalue weighted by atomic mass is 35.5. The normalized spacial score (nSPS) is 11.9. The van der Waals surface area contributed by atoms with E-state index in [0.29, 0.717) is 11.4 Å². The molecular formula is C22H23ClN2O3. The summed E-state index contributed by atoms with van der Waals surface area (Å²) in [5.74, 6) is -0.724. The van der Waals surface area contributed by atoms with Crippen LogP contribution in [-0.2, 0) is 20.7 Å². The largest absolute Gasteiger partial charge is 0.456 e. The highest BCUT2D eigenvalue weighted by Gasteiger charge is 2.14. The molecule has 6 heteroatoms. The SMILES string of the molecule is CC(NC(=O)COC(=O)CCCc1c[nH]c2ccccc12)c1ccccc1Cl. The molecule has 5 nitrogen and oxygen atoms in total. The summed E-state index contributed by atoms with van der Waals surface area (Å²) in [5, 5.41) is 4.54. The molecule has 1 aromatic heterocycles. The molecule has 1 unspecified atom stereocenters. The van der Waals surface area contributed by atoms with Crippen molar-refractivity contribution in [1.29, 1.82) is 0 Å². The van der Waals surface area contributed by atoms with Crippen LogP contribution in [-0.4, -0.2) is 23.5 Å². The van der Waals surface area contributed by atoms with Crippen LogP contribution in [0, 0.1) is 0 Å². The first-order valence-corrected chi connectivity index (χ1v) is 9.67. The summed E-state index contributed by atoms with van der Waals surface area (Å²) in [6.45, 7) is 1.54. The van der Waals surface area contributed by atoms with Crippen molar-refractivity contribution in [3.8, 4) is 0 Å². The van der Waals surface area contributed by atoms with Crippen molar-refractivity contribution in [1.82, 2.24) is 10.3 Å². The predicted molar refractivity (Wildman–Crippen MR) is 110 cm³/mol. The van der Waals surface area contributed by atoms with Gasteiger partial charge in [0.1, 0.15) is 0 Å². The monoisotopic (exact) mass is 398 g/mol. The molecule has 1 atom stereocenters. The Bertz CT molecular complexity index is 967. The summed E-state index contributed by atoms with van der Waals surface area (Å²) in [4.78, 5) is 27.2. The van der Waals surface area contributed by atoms with E-state index in [2.05, 4.69) is 16.4 Å². The molecule has 0 spiro atoms. The number of amides is 1. The molecule has 0 radical (unpaired) electrons. The van der Waals surface area contributed by atoms with Crippen molar-refractivity contribution >= 4 is 34.4 Å². The summed E-state index contributed by atoms with van der Waals surface area (Å²) < 4.78 is 5.09. The molecule has 1 heterocycles. The van der Waals surface area contributed by atoms with Gasteiger partial charge in [0.05, 0.1) is 6.04 Å². The van der Waals surface area contributed by atoms with Crippen LogP contribution in [0.5, 0.6) is 0 Å². The molecule has 0 bridgehead atoms. The fraction of sp³-hybridized carbons (Fsp3) is 0.273. The smallest absolute Gasteiger partial charge is 0.306 e. The number of rotatable bonds is 8. The number of aryl methyl sites for hydroxylation is 1. The van der Waals surface area contributed by atoms with E-state index in [9.17, 15) is 9.59 Å². The van der Waals surface area contributed by atoms with Crippen LogP contribution < -0.4 is 5.32 Å². The summed E-state index contributed by atoms with van der Waals surface area (Å²) in [6.07, 6.45) is 3.68. The molecular weight excluding hydrogens is 376 g/mol. The summed E-state index contributed by atoms with van der Waals surface area (Å²) in [5.41, 5.74) is 3.08. The predicted octanol–water partition coefficient (Wildman–Crippen LogP) is 4.56. The Kier molecular flexibility index (Phi) is 6.71. The van der Waals surface area contributed by atoms with E-state index >= 15 is 0 Å². The molecule has 0 saturated carbocycles. The number of halogens is 1. The number of ether oxygens (including phenoxy) is 1. The van der Waals surface area contributed by atoms with Gasteiger partial charge in [0.15, 0.2) is 6.61 Å². The average Bonchev–Trinajstić information content (AvgIpc) is 3.10. The molecule has 1 amide bonds. The van der Waals surface area contributed by atoms with Gasteiger partial charge >= 0.3 is 5.97 Å². The fourth-order valence-electron chi connectivity index (χ4n) is 3.17. The maximum absolute atomic E-state index is 12.0. The van der Waals surface area contributed by atoms with Crippen LogP contribution in [0.2, 0.25) is 5.02 Å². The number of carbonyl (C=O) groups excluding carboxylic acids is 2.